The lowest BCUT2D eigenvalue weighted by Gasteiger charge is -2.12. The van der Waals surface area contributed by atoms with Gasteiger partial charge in [0.2, 0.25) is 0 Å². The first kappa shape index (κ1) is 15.8. The second kappa shape index (κ2) is 5.98. The van der Waals surface area contributed by atoms with Crippen molar-refractivity contribution < 1.29 is 8.42 Å². The van der Waals surface area contributed by atoms with Gasteiger partial charge in [0.25, 0.3) is 10.0 Å². The number of para-hydroxylation sites is 1. The van der Waals surface area contributed by atoms with Crippen LogP contribution in [0.3, 0.4) is 0 Å². The van der Waals surface area contributed by atoms with E-state index in [2.05, 4.69) is 14.7 Å². The summed E-state index contributed by atoms with van der Waals surface area (Å²) in [6.45, 7) is 0. The van der Waals surface area contributed by atoms with Crippen LogP contribution in [-0.4, -0.2) is 18.4 Å². The van der Waals surface area contributed by atoms with E-state index in [9.17, 15) is 8.42 Å². The van der Waals surface area contributed by atoms with Gasteiger partial charge in [0.1, 0.15) is 5.15 Å². The van der Waals surface area contributed by atoms with E-state index >= 15 is 0 Å². The van der Waals surface area contributed by atoms with Crippen LogP contribution in [0.1, 0.15) is 0 Å². The van der Waals surface area contributed by atoms with E-state index in [0.717, 1.165) is 5.39 Å². The minimum absolute atomic E-state index is 0.141. The number of nitrogens with one attached hydrogen (secondary N) is 1. The number of pyridine rings is 2. The molecule has 2 aromatic carbocycles. The summed E-state index contributed by atoms with van der Waals surface area (Å²) >= 11 is 6.08. The van der Waals surface area contributed by atoms with Crippen LogP contribution in [0, 0.1) is 0 Å². The summed E-state index contributed by atoms with van der Waals surface area (Å²) in [6.07, 6.45) is 3.12. The Bertz CT molecular complexity index is 1200. The van der Waals surface area contributed by atoms with Gasteiger partial charge < -0.3 is 0 Å². The van der Waals surface area contributed by atoms with Crippen molar-refractivity contribution in [3.63, 3.8) is 0 Å². The summed E-state index contributed by atoms with van der Waals surface area (Å²) in [5, 5.41) is 2.22. The molecule has 0 aliphatic heterocycles. The molecule has 0 bridgehead atoms. The number of aromatic nitrogens is 2. The Kier molecular flexibility index (Phi) is 3.78. The molecule has 0 unspecified atom stereocenters. The quantitative estimate of drug-likeness (QED) is 0.548. The molecule has 0 atom stereocenters. The van der Waals surface area contributed by atoms with Gasteiger partial charge >= 0.3 is 0 Å². The Morgan fingerprint density at radius 2 is 1.64 bits per heavy atom. The van der Waals surface area contributed by atoms with Crippen LogP contribution in [0.2, 0.25) is 5.15 Å². The molecule has 2 heterocycles. The van der Waals surface area contributed by atoms with Crippen LogP contribution in [-0.2, 0) is 10.0 Å². The Morgan fingerprint density at radius 3 is 2.52 bits per heavy atom. The van der Waals surface area contributed by atoms with Gasteiger partial charge in [-0.2, -0.15) is 0 Å². The lowest BCUT2D eigenvalue weighted by Crippen LogP contribution is -2.14. The van der Waals surface area contributed by atoms with Crippen LogP contribution in [0.4, 0.5) is 5.69 Å². The molecular formula is C18H12ClN3O2S. The zero-order chi connectivity index (χ0) is 17.4. The fourth-order valence-corrected chi connectivity index (χ4v) is 4.27. The van der Waals surface area contributed by atoms with Crippen LogP contribution >= 0.6 is 11.6 Å². The van der Waals surface area contributed by atoms with Crippen LogP contribution in [0.25, 0.3) is 21.7 Å². The molecule has 5 nitrogen and oxygen atoms in total. The number of benzene rings is 2. The van der Waals surface area contributed by atoms with Crippen LogP contribution < -0.4 is 4.72 Å². The molecule has 0 amide bonds. The molecule has 0 radical (unpaired) electrons. The number of sulfonamides is 1. The summed E-state index contributed by atoms with van der Waals surface area (Å²) in [4.78, 5) is 8.41. The molecule has 4 aromatic rings. The first-order valence-corrected chi connectivity index (χ1v) is 9.32. The maximum absolute atomic E-state index is 13.0. The molecule has 7 heteroatoms. The number of rotatable bonds is 3. The largest absolute Gasteiger partial charge is 0.277 e. The second-order valence-corrected chi connectivity index (χ2v) is 7.45. The Balaban J connectivity index is 1.87. The molecule has 1 N–H and O–H groups in total. The first-order valence-electron chi connectivity index (χ1n) is 7.46. The van der Waals surface area contributed by atoms with Crippen molar-refractivity contribution in [2.24, 2.45) is 0 Å². The standard InChI is InChI=1S/C18H12ClN3O2S/c19-18-14-6-2-8-16(13(14)9-11-21-18)25(23,24)22-15-7-1-4-12-5-3-10-20-17(12)15/h1-11,22H. The van der Waals surface area contributed by atoms with Crippen molar-refractivity contribution in [2.45, 2.75) is 4.90 Å². The summed E-state index contributed by atoms with van der Waals surface area (Å²) < 4.78 is 28.6. The number of hydrogen-bond donors (Lipinski definition) is 1. The maximum atomic E-state index is 13.0. The van der Waals surface area contributed by atoms with E-state index in [-0.39, 0.29) is 10.0 Å². The van der Waals surface area contributed by atoms with Gasteiger partial charge in [-0.3, -0.25) is 9.71 Å². The zero-order valence-corrected chi connectivity index (χ0v) is 14.4. The van der Waals surface area contributed by atoms with Crippen LogP contribution in [0.15, 0.2) is 71.9 Å². The predicted octanol–water partition coefficient (Wildman–Crippen LogP) is 4.24. The minimum atomic E-state index is -3.82. The van der Waals surface area contributed by atoms with E-state index in [4.69, 9.17) is 11.6 Å². The van der Waals surface area contributed by atoms with Crippen LogP contribution in [0.5, 0.6) is 0 Å². The molecular weight excluding hydrogens is 358 g/mol. The van der Waals surface area contributed by atoms with Gasteiger partial charge in [0.05, 0.1) is 16.1 Å². The van der Waals surface area contributed by atoms with Crippen molar-refractivity contribution >= 4 is 49.0 Å². The summed E-state index contributed by atoms with van der Waals surface area (Å²) in [6, 6.07) is 15.6. The van der Waals surface area contributed by atoms with Crippen molar-refractivity contribution in [1.29, 1.82) is 0 Å². The lowest BCUT2D eigenvalue weighted by molar-refractivity contribution is 0.602. The number of fused-ring (bicyclic) bond motifs is 2. The Labute approximate surface area is 149 Å². The van der Waals surface area contributed by atoms with E-state index < -0.39 is 10.0 Å². The van der Waals surface area contributed by atoms with Crippen molar-refractivity contribution in [1.82, 2.24) is 9.97 Å². The first-order chi connectivity index (χ1) is 12.1. The monoisotopic (exact) mass is 369 g/mol. The predicted molar refractivity (Wildman–Crippen MR) is 99.3 cm³/mol. The summed E-state index contributed by atoms with van der Waals surface area (Å²) in [5.41, 5.74) is 1.02. The maximum Gasteiger partial charge on any atom is 0.262 e. The van der Waals surface area contributed by atoms with E-state index in [1.807, 2.05) is 12.1 Å². The number of hydrogen-bond acceptors (Lipinski definition) is 4. The average Bonchev–Trinajstić information content (AvgIpc) is 2.62. The van der Waals surface area contributed by atoms with Crippen molar-refractivity contribution in [2.75, 3.05) is 4.72 Å². The highest BCUT2D eigenvalue weighted by Gasteiger charge is 2.19. The Hall–Kier alpha value is -2.70. The molecule has 124 valence electrons. The fourth-order valence-electron chi connectivity index (χ4n) is 2.76. The third-order valence-corrected chi connectivity index (χ3v) is 5.61. The topological polar surface area (TPSA) is 72.0 Å². The highest BCUT2D eigenvalue weighted by molar-refractivity contribution is 7.93. The molecule has 0 fully saturated rings. The normalized spacial score (nSPS) is 11.7. The van der Waals surface area contributed by atoms with Gasteiger partial charge in [0.15, 0.2) is 0 Å². The number of nitrogens with zero attached hydrogens (tertiary/aromatic N) is 2. The lowest BCUT2D eigenvalue weighted by atomic mass is 10.2. The highest BCUT2D eigenvalue weighted by atomic mass is 35.5. The van der Waals surface area contributed by atoms with Gasteiger partial charge in [-0.05, 0) is 24.3 Å². The molecule has 25 heavy (non-hydrogen) atoms. The van der Waals surface area contributed by atoms with E-state index in [1.165, 1.54) is 6.20 Å². The van der Waals surface area contributed by atoms with E-state index in [1.54, 1.807) is 48.7 Å². The SMILES string of the molecule is O=S(=O)(Nc1cccc2cccnc12)c1cccc2c(Cl)nccc12. The van der Waals surface area contributed by atoms with Gasteiger partial charge in [-0.25, -0.2) is 13.4 Å². The Morgan fingerprint density at radius 1 is 0.840 bits per heavy atom. The van der Waals surface area contributed by atoms with Gasteiger partial charge in [-0.1, -0.05) is 41.9 Å². The van der Waals surface area contributed by atoms with E-state index in [0.29, 0.717) is 22.0 Å². The molecule has 0 aliphatic carbocycles. The minimum Gasteiger partial charge on any atom is -0.277 e. The molecule has 4 rings (SSSR count). The number of halogens is 1. The molecule has 2 aromatic heterocycles. The zero-order valence-electron chi connectivity index (χ0n) is 12.8. The third-order valence-electron chi connectivity index (χ3n) is 3.88. The van der Waals surface area contributed by atoms with Crippen molar-refractivity contribution in [3.05, 3.63) is 72.1 Å². The number of anilines is 1. The second-order valence-electron chi connectivity index (χ2n) is 5.44. The molecule has 0 aliphatic rings. The fraction of sp³-hybridized carbons (Fsp3) is 0. The smallest absolute Gasteiger partial charge is 0.262 e. The molecule has 0 saturated heterocycles. The van der Waals surface area contributed by atoms with Gasteiger partial charge in [-0.15, -0.1) is 0 Å². The molecule has 0 spiro atoms. The summed E-state index contributed by atoms with van der Waals surface area (Å²) in [7, 11) is -3.82. The third kappa shape index (κ3) is 2.79. The van der Waals surface area contributed by atoms with Gasteiger partial charge in [0, 0.05) is 28.6 Å². The average molecular weight is 370 g/mol. The van der Waals surface area contributed by atoms with Crippen molar-refractivity contribution in [3.8, 4) is 0 Å². The summed E-state index contributed by atoms with van der Waals surface area (Å²) in [5.74, 6) is 0. The molecule has 0 saturated carbocycles. The highest BCUT2D eigenvalue weighted by Crippen LogP contribution is 2.29.